The molecule has 0 unspecified atom stereocenters. The summed E-state index contributed by atoms with van der Waals surface area (Å²) in [6.07, 6.45) is 0. The molecule has 0 amide bonds. The molecule has 3 rings (SSSR count). The van der Waals surface area contributed by atoms with Crippen LogP contribution in [-0.4, -0.2) is 5.97 Å². The van der Waals surface area contributed by atoms with E-state index in [2.05, 4.69) is 20.8 Å². The summed E-state index contributed by atoms with van der Waals surface area (Å²) in [5.74, 6) is -0.258. The highest BCUT2D eigenvalue weighted by Crippen LogP contribution is 2.50. The van der Waals surface area contributed by atoms with Gasteiger partial charge in [0.25, 0.3) is 0 Å². The molecule has 0 spiro atoms. The maximum absolute atomic E-state index is 13.3. The Labute approximate surface area is 170 Å². The first-order chi connectivity index (χ1) is 13.8. The van der Waals surface area contributed by atoms with Gasteiger partial charge in [-0.05, 0) is 47.4 Å². The van der Waals surface area contributed by atoms with E-state index in [1.807, 2.05) is 12.1 Å². The highest BCUT2D eigenvalue weighted by atomic mass is 31.2. The fourth-order valence-electron chi connectivity index (χ4n) is 2.54. The second-order valence-electron chi connectivity index (χ2n) is 7.46. The Hall–Kier alpha value is -3.04. The molecule has 0 fully saturated rings. The zero-order valence-electron chi connectivity index (χ0n) is 16.6. The van der Waals surface area contributed by atoms with E-state index in [4.69, 9.17) is 13.6 Å². The second kappa shape index (κ2) is 8.54. The molecule has 0 radical (unpaired) electrons. The number of hydrogen-bond acceptors (Lipinski definition) is 5. The van der Waals surface area contributed by atoms with Crippen molar-refractivity contribution in [1.82, 2.24) is 0 Å². The third-order valence-corrected chi connectivity index (χ3v) is 5.36. The lowest BCUT2D eigenvalue weighted by Gasteiger charge is -2.20. The van der Waals surface area contributed by atoms with E-state index >= 15 is 0 Å². The first-order valence-corrected chi connectivity index (χ1v) is 10.7. The van der Waals surface area contributed by atoms with E-state index in [-0.39, 0.29) is 22.5 Å². The minimum atomic E-state index is -4.28. The molecule has 0 aliphatic heterocycles. The van der Waals surface area contributed by atoms with Gasteiger partial charge < -0.3 is 13.6 Å². The third-order valence-electron chi connectivity index (χ3n) is 4.10. The highest BCUT2D eigenvalue weighted by molar-refractivity contribution is 7.50. The van der Waals surface area contributed by atoms with E-state index < -0.39 is 13.8 Å². The van der Waals surface area contributed by atoms with Crippen LogP contribution in [0, 0.1) is 0 Å². The van der Waals surface area contributed by atoms with E-state index in [1.54, 1.807) is 72.8 Å². The van der Waals surface area contributed by atoms with Gasteiger partial charge in [-0.25, -0.2) is 4.79 Å². The van der Waals surface area contributed by atoms with Gasteiger partial charge in [0.15, 0.2) is 0 Å². The summed E-state index contributed by atoms with van der Waals surface area (Å²) in [6.45, 7) is 6.24. The molecule has 0 bridgehead atoms. The van der Waals surface area contributed by atoms with Gasteiger partial charge in [-0.2, -0.15) is 4.57 Å². The number of carbonyl (C=O) groups excluding carboxylic acids is 1. The summed E-state index contributed by atoms with van der Waals surface area (Å²) in [7, 11) is -4.28. The van der Waals surface area contributed by atoms with Crippen molar-refractivity contribution in [2.75, 3.05) is 0 Å². The lowest BCUT2D eigenvalue weighted by atomic mass is 9.87. The number of phosphoric ester groups is 1. The van der Waals surface area contributed by atoms with Crippen LogP contribution in [0.1, 0.15) is 36.7 Å². The van der Waals surface area contributed by atoms with Gasteiger partial charge in [-0.1, -0.05) is 69.3 Å². The minimum absolute atomic E-state index is 0.0510. The molecular weight excluding hydrogens is 387 g/mol. The van der Waals surface area contributed by atoms with Crippen LogP contribution in [0.25, 0.3) is 0 Å². The standard InChI is InChI=1S/C23H23O5P/c1-23(2,3)19-16-14-18(15-17-19)22(24)28-29(25,26-20-10-6-4-7-11-20)27-21-12-8-5-9-13-21/h4-17H,1-3H3. The number of hydrogen-bond donors (Lipinski definition) is 0. The maximum atomic E-state index is 13.3. The minimum Gasteiger partial charge on any atom is -0.386 e. The first kappa shape index (κ1) is 20.7. The van der Waals surface area contributed by atoms with Crippen LogP contribution in [-0.2, 0) is 14.5 Å². The molecule has 0 saturated heterocycles. The zero-order valence-corrected chi connectivity index (χ0v) is 17.5. The van der Waals surface area contributed by atoms with Crippen LogP contribution < -0.4 is 9.05 Å². The van der Waals surface area contributed by atoms with Crippen molar-refractivity contribution in [2.45, 2.75) is 26.2 Å². The maximum Gasteiger partial charge on any atom is 0.649 e. The normalized spacial score (nSPS) is 11.6. The number of para-hydroxylation sites is 2. The Morgan fingerprint density at radius 3 is 1.59 bits per heavy atom. The molecule has 0 heterocycles. The molecule has 5 nitrogen and oxygen atoms in total. The SMILES string of the molecule is CC(C)(C)c1ccc(C(=O)OP(=O)(Oc2ccccc2)Oc2ccccc2)cc1. The Kier molecular flexibility index (Phi) is 6.09. The van der Waals surface area contributed by atoms with Crippen molar-refractivity contribution in [3.63, 3.8) is 0 Å². The van der Waals surface area contributed by atoms with E-state index in [0.717, 1.165) is 5.56 Å². The summed E-state index contributed by atoms with van der Waals surface area (Å²) in [5.41, 5.74) is 1.27. The van der Waals surface area contributed by atoms with Crippen molar-refractivity contribution in [2.24, 2.45) is 0 Å². The molecule has 0 aliphatic carbocycles. The lowest BCUT2D eigenvalue weighted by molar-refractivity contribution is 0.0688. The molecule has 0 N–H and O–H groups in total. The first-order valence-electron chi connectivity index (χ1n) is 9.19. The van der Waals surface area contributed by atoms with Gasteiger partial charge >= 0.3 is 13.8 Å². The third kappa shape index (κ3) is 5.72. The van der Waals surface area contributed by atoms with Crippen LogP contribution in [0.5, 0.6) is 11.5 Å². The van der Waals surface area contributed by atoms with Gasteiger partial charge in [0, 0.05) is 0 Å². The molecule has 3 aromatic rings. The van der Waals surface area contributed by atoms with E-state index in [9.17, 15) is 9.36 Å². The van der Waals surface area contributed by atoms with Gasteiger partial charge in [0.05, 0.1) is 5.56 Å². The molecule has 0 aliphatic rings. The molecule has 3 aromatic carbocycles. The van der Waals surface area contributed by atoms with Crippen LogP contribution >= 0.6 is 7.82 Å². The molecular formula is C23H23O5P. The van der Waals surface area contributed by atoms with Gasteiger partial charge in [0.2, 0.25) is 0 Å². The number of rotatable bonds is 6. The largest absolute Gasteiger partial charge is 0.649 e. The monoisotopic (exact) mass is 410 g/mol. The summed E-state index contributed by atoms with van der Waals surface area (Å²) in [5, 5.41) is 0. The van der Waals surface area contributed by atoms with Crippen LogP contribution in [0.2, 0.25) is 0 Å². The fraction of sp³-hybridized carbons (Fsp3) is 0.174. The number of carbonyl (C=O) groups is 1. The predicted molar refractivity (Wildman–Crippen MR) is 112 cm³/mol. The Balaban J connectivity index is 1.84. The number of phosphoric acid groups is 1. The van der Waals surface area contributed by atoms with E-state index in [0.29, 0.717) is 0 Å². The van der Waals surface area contributed by atoms with Crippen LogP contribution in [0.3, 0.4) is 0 Å². The average molecular weight is 410 g/mol. The molecule has 0 aromatic heterocycles. The summed E-state index contributed by atoms with van der Waals surface area (Å²) < 4.78 is 29.4. The van der Waals surface area contributed by atoms with Crippen molar-refractivity contribution in [3.05, 3.63) is 96.1 Å². The quantitative estimate of drug-likeness (QED) is 0.440. The van der Waals surface area contributed by atoms with Crippen molar-refractivity contribution in [1.29, 1.82) is 0 Å². The summed E-state index contributed by atoms with van der Waals surface area (Å²) >= 11 is 0. The fourth-order valence-corrected chi connectivity index (χ4v) is 3.72. The Morgan fingerprint density at radius 1 is 0.724 bits per heavy atom. The van der Waals surface area contributed by atoms with E-state index in [1.165, 1.54) is 0 Å². The lowest BCUT2D eigenvalue weighted by Crippen LogP contribution is -2.13. The molecule has 29 heavy (non-hydrogen) atoms. The van der Waals surface area contributed by atoms with Crippen molar-refractivity contribution >= 4 is 13.8 Å². The molecule has 150 valence electrons. The Morgan fingerprint density at radius 2 is 1.17 bits per heavy atom. The summed E-state index contributed by atoms with van der Waals surface area (Å²) in [6, 6.07) is 23.8. The van der Waals surface area contributed by atoms with Gasteiger partial charge in [-0.15, -0.1) is 0 Å². The summed E-state index contributed by atoms with van der Waals surface area (Å²) in [4.78, 5) is 12.6. The van der Waals surface area contributed by atoms with Crippen LogP contribution in [0.4, 0.5) is 0 Å². The smallest absolute Gasteiger partial charge is 0.386 e. The predicted octanol–water partition coefficient (Wildman–Crippen LogP) is 6.41. The molecule has 0 saturated carbocycles. The molecule has 6 heteroatoms. The zero-order chi connectivity index (χ0) is 20.9. The van der Waals surface area contributed by atoms with Crippen LogP contribution in [0.15, 0.2) is 84.9 Å². The topological polar surface area (TPSA) is 61.8 Å². The van der Waals surface area contributed by atoms with Gasteiger partial charge in [-0.3, -0.25) is 0 Å². The van der Waals surface area contributed by atoms with Crippen molar-refractivity contribution in [3.8, 4) is 11.5 Å². The Bertz CT molecular complexity index is 947. The highest BCUT2D eigenvalue weighted by Gasteiger charge is 2.36. The average Bonchev–Trinajstić information content (AvgIpc) is 2.68. The second-order valence-corrected chi connectivity index (χ2v) is 8.90. The van der Waals surface area contributed by atoms with Gasteiger partial charge in [0.1, 0.15) is 11.5 Å². The van der Waals surface area contributed by atoms with Crippen molar-refractivity contribution < 1.29 is 22.9 Å². The number of benzene rings is 3. The molecule has 0 atom stereocenters.